The summed E-state index contributed by atoms with van der Waals surface area (Å²) in [5.41, 5.74) is -0.139. The number of hydrogen-bond acceptors (Lipinski definition) is 2. The molecule has 0 saturated heterocycles. The largest absolute Gasteiger partial charge is 0.466 e. The normalized spacial score (nSPS) is 10.6. The van der Waals surface area contributed by atoms with Crippen LogP contribution in [0.5, 0.6) is 0 Å². The quantitative estimate of drug-likeness (QED) is 0.482. The maximum absolute atomic E-state index is 11.2. The molecular weight excluding hydrogens is 164 g/mol. The van der Waals surface area contributed by atoms with Gasteiger partial charge in [-0.15, -0.1) is 12.3 Å². The van der Waals surface area contributed by atoms with Crippen molar-refractivity contribution in [2.45, 2.75) is 40.0 Å². The molecule has 0 aromatic rings. The topological polar surface area (TPSA) is 26.3 Å². The minimum Gasteiger partial charge on any atom is -0.466 e. The van der Waals surface area contributed by atoms with Gasteiger partial charge in [0.2, 0.25) is 0 Å². The molecule has 0 rings (SSSR count). The fraction of sp³-hybridized carbons (Fsp3) is 0.727. The van der Waals surface area contributed by atoms with E-state index in [9.17, 15) is 4.79 Å². The Morgan fingerprint density at radius 2 is 2.15 bits per heavy atom. The van der Waals surface area contributed by atoms with Crippen LogP contribution in [0.2, 0.25) is 0 Å². The number of ether oxygens (including phenoxy) is 1. The lowest BCUT2D eigenvalue weighted by Gasteiger charge is -2.20. The fourth-order valence-corrected chi connectivity index (χ4v) is 0.996. The summed E-state index contributed by atoms with van der Waals surface area (Å²) in [5.74, 6) is 2.41. The van der Waals surface area contributed by atoms with E-state index in [1.165, 1.54) is 0 Å². The molecule has 0 bridgehead atoms. The maximum atomic E-state index is 11.2. The summed E-state index contributed by atoms with van der Waals surface area (Å²) in [4.78, 5) is 11.2. The lowest BCUT2D eigenvalue weighted by molar-refractivity contribution is -0.145. The smallest absolute Gasteiger partial charge is 0.306 e. The van der Waals surface area contributed by atoms with Crippen LogP contribution in [0.4, 0.5) is 0 Å². The van der Waals surface area contributed by atoms with Crippen molar-refractivity contribution >= 4 is 5.97 Å². The molecule has 13 heavy (non-hydrogen) atoms. The SMILES string of the molecule is C#CCC(C)(C)CC(=O)OCCC. The fourth-order valence-electron chi connectivity index (χ4n) is 0.996. The Morgan fingerprint density at radius 1 is 1.54 bits per heavy atom. The summed E-state index contributed by atoms with van der Waals surface area (Å²) in [6.45, 7) is 6.42. The molecule has 0 heterocycles. The Labute approximate surface area is 80.7 Å². The van der Waals surface area contributed by atoms with E-state index in [2.05, 4.69) is 5.92 Å². The van der Waals surface area contributed by atoms with Gasteiger partial charge in [-0.1, -0.05) is 20.8 Å². The second-order valence-electron chi connectivity index (χ2n) is 3.94. The molecule has 2 heteroatoms. The van der Waals surface area contributed by atoms with Crippen molar-refractivity contribution in [2.75, 3.05) is 6.61 Å². The third kappa shape index (κ3) is 6.21. The summed E-state index contributed by atoms with van der Waals surface area (Å²) < 4.78 is 4.97. The van der Waals surface area contributed by atoms with Crippen LogP contribution in [0.15, 0.2) is 0 Å². The van der Waals surface area contributed by atoms with Crippen molar-refractivity contribution in [1.29, 1.82) is 0 Å². The van der Waals surface area contributed by atoms with Crippen molar-refractivity contribution in [2.24, 2.45) is 5.41 Å². The van der Waals surface area contributed by atoms with E-state index in [0.717, 1.165) is 6.42 Å². The number of esters is 1. The van der Waals surface area contributed by atoms with Crippen LogP contribution < -0.4 is 0 Å². The van der Waals surface area contributed by atoms with Gasteiger partial charge in [-0.25, -0.2) is 0 Å². The Morgan fingerprint density at radius 3 is 2.62 bits per heavy atom. The van der Waals surface area contributed by atoms with E-state index in [-0.39, 0.29) is 11.4 Å². The van der Waals surface area contributed by atoms with Crippen LogP contribution >= 0.6 is 0 Å². The molecule has 0 radical (unpaired) electrons. The summed E-state index contributed by atoms with van der Waals surface area (Å²) in [6.07, 6.45) is 7.06. The average molecular weight is 182 g/mol. The van der Waals surface area contributed by atoms with Gasteiger partial charge in [-0.2, -0.15) is 0 Å². The van der Waals surface area contributed by atoms with Gasteiger partial charge in [-0.3, -0.25) is 4.79 Å². The highest BCUT2D eigenvalue weighted by molar-refractivity contribution is 5.70. The molecule has 0 aliphatic rings. The van der Waals surface area contributed by atoms with Gasteiger partial charge >= 0.3 is 5.97 Å². The van der Waals surface area contributed by atoms with Gasteiger partial charge in [0.05, 0.1) is 13.0 Å². The molecule has 0 atom stereocenters. The molecule has 2 nitrogen and oxygen atoms in total. The van der Waals surface area contributed by atoms with Crippen molar-refractivity contribution in [1.82, 2.24) is 0 Å². The highest BCUT2D eigenvalue weighted by atomic mass is 16.5. The Hall–Kier alpha value is -0.970. The third-order valence-corrected chi connectivity index (χ3v) is 1.67. The van der Waals surface area contributed by atoms with Crippen LogP contribution in [0.1, 0.15) is 40.0 Å². The summed E-state index contributed by atoms with van der Waals surface area (Å²) in [7, 11) is 0. The maximum Gasteiger partial charge on any atom is 0.306 e. The lowest BCUT2D eigenvalue weighted by Crippen LogP contribution is -2.18. The van der Waals surface area contributed by atoms with Crippen LogP contribution in [-0.4, -0.2) is 12.6 Å². The van der Waals surface area contributed by atoms with E-state index in [1.807, 2.05) is 20.8 Å². The number of hydrogen-bond donors (Lipinski definition) is 0. The zero-order chi connectivity index (χ0) is 10.3. The molecule has 74 valence electrons. The standard InChI is InChI=1S/C11H18O2/c1-5-7-11(3,4)9-10(12)13-8-6-2/h1H,6-9H2,2-4H3. The molecule has 0 amide bonds. The molecule has 0 aliphatic carbocycles. The summed E-state index contributed by atoms with van der Waals surface area (Å²) in [5, 5.41) is 0. The highest BCUT2D eigenvalue weighted by Gasteiger charge is 2.21. The van der Waals surface area contributed by atoms with Gasteiger partial charge in [0.1, 0.15) is 0 Å². The number of carbonyl (C=O) groups is 1. The molecule has 0 unspecified atom stereocenters. The van der Waals surface area contributed by atoms with Gasteiger partial charge in [-0.05, 0) is 11.8 Å². The second-order valence-corrected chi connectivity index (χ2v) is 3.94. The molecule has 0 aromatic carbocycles. The Bertz CT molecular complexity index is 199. The lowest BCUT2D eigenvalue weighted by atomic mass is 9.86. The molecular formula is C11H18O2. The predicted molar refractivity (Wildman–Crippen MR) is 53.1 cm³/mol. The Kier molecular flexibility index (Phi) is 5.22. The van der Waals surface area contributed by atoms with Crippen LogP contribution in [0.25, 0.3) is 0 Å². The first-order valence-electron chi connectivity index (χ1n) is 4.61. The van der Waals surface area contributed by atoms with Gasteiger partial charge < -0.3 is 4.74 Å². The predicted octanol–water partition coefficient (Wildman–Crippen LogP) is 2.38. The summed E-state index contributed by atoms with van der Waals surface area (Å²) in [6, 6.07) is 0. The minimum absolute atomic E-state index is 0.139. The average Bonchev–Trinajstić information content (AvgIpc) is 1.99. The van der Waals surface area contributed by atoms with Gasteiger partial charge in [0.15, 0.2) is 0 Å². The molecule has 0 saturated carbocycles. The van der Waals surface area contributed by atoms with Crippen LogP contribution in [-0.2, 0) is 9.53 Å². The minimum atomic E-state index is -0.151. The third-order valence-electron chi connectivity index (χ3n) is 1.67. The number of terminal acetylenes is 1. The first-order valence-corrected chi connectivity index (χ1v) is 4.61. The molecule has 0 fully saturated rings. The van der Waals surface area contributed by atoms with Crippen molar-refractivity contribution in [3.05, 3.63) is 0 Å². The Balaban J connectivity index is 3.83. The van der Waals surface area contributed by atoms with E-state index in [4.69, 9.17) is 11.2 Å². The molecule has 0 aromatic heterocycles. The summed E-state index contributed by atoms with van der Waals surface area (Å²) >= 11 is 0. The zero-order valence-corrected chi connectivity index (χ0v) is 8.72. The van der Waals surface area contributed by atoms with Crippen LogP contribution in [0, 0.1) is 17.8 Å². The van der Waals surface area contributed by atoms with E-state index >= 15 is 0 Å². The van der Waals surface area contributed by atoms with E-state index < -0.39 is 0 Å². The highest BCUT2D eigenvalue weighted by Crippen LogP contribution is 2.24. The first-order chi connectivity index (χ1) is 6.02. The molecule has 0 N–H and O–H groups in total. The van der Waals surface area contributed by atoms with Gasteiger partial charge in [0, 0.05) is 6.42 Å². The van der Waals surface area contributed by atoms with Gasteiger partial charge in [0.25, 0.3) is 0 Å². The van der Waals surface area contributed by atoms with Crippen LogP contribution in [0.3, 0.4) is 0 Å². The zero-order valence-electron chi connectivity index (χ0n) is 8.72. The van der Waals surface area contributed by atoms with Crippen molar-refractivity contribution in [3.8, 4) is 12.3 Å². The van der Waals surface area contributed by atoms with Crippen molar-refractivity contribution < 1.29 is 9.53 Å². The molecule has 0 aliphatic heterocycles. The monoisotopic (exact) mass is 182 g/mol. The molecule has 0 spiro atoms. The van der Waals surface area contributed by atoms with Crippen molar-refractivity contribution in [3.63, 3.8) is 0 Å². The van der Waals surface area contributed by atoms with E-state index in [0.29, 0.717) is 19.4 Å². The number of rotatable bonds is 5. The second kappa shape index (κ2) is 5.64. The first kappa shape index (κ1) is 12.0. The van der Waals surface area contributed by atoms with E-state index in [1.54, 1.807) is 0 Å². The number of carbonyl (C=O) groups excluding carboxylic acids is 1.